The van der Waals surface area contributed by atoms with Gasteiger partial charge < -0.3 is 25.2 Å². The average Bonchev–Trinajstić information content (AvgIpc) is 3.21. The molecule has 336 valence electrons. The number of aliphatic carboxylic acids is 1. The van der Waals surface area contributed by atoms with Crippen LogP contribution in [0.2, 0.25) is 0 Å². The predicted octanol–water partition coefficient (Wildman–Crippen LogP) is 11.9. The highest BCUT2D eigenvalue weighted by molar-refractivity contribution is 7.47. The summed E-state index contributed by atoms with van der Waals surface area (Å²) in [4.78, 5) is 45.9. The quantitative estimate of drug-likeness (QED) is 0.0232. The third-order valence-corrected chi connectivity index (χ3v) is 9.84. The summed E-state index contributed by atoms with van der Waals surface area (Å²) in [6, 6.07) is -1.54. The molecule has 0 amide bonds. The summed E-state index contributed by atoms with van der Waals surface area (Å²) in [6.07, 6.45) is 50.9. The molecule has 1 unspecified atom stereocenters. The Morgan fingerprint density at radius 3 is 1.49 bits per heavy atom. The molecule has 0 bridgehead atoms. The van der Waals surface area contributed by atoms with E-state index in [0.29, 0.717) is 19.3 Å². The molecule has 3 atom stereocenters. The molecule has 0 aromatic rings. The van der Waals surface area contributed by atoms with Gasteiger partial charge in [0.1, 0.15) is 12.6 Å². The Kier molecular flexibility index (Phi) is 39.1. The van der Waals surface area contributed by atoms with Gasteiger partial charge in [0.05, 0.1) is 13.2 Å². The maximum absolute atomic E-state index is 12.6. The molecule has 12 heteroatoms. The molecule has 0 aliphatic rings. The number of carbonyl (C=O) groups is 3. The van der Waals surface area contributed by atoms with Crippen molar-refractivity contribution in [2.75, 3.05) is 19.8 Å². The Morgan fingerprint density at radius 1 is 0.542 bits per heavy atom. The Hall–Kier alpha value is -3.34. The molecule has 59 heavy (non-hydrogen) atoms. The number of carboxylic acid groups (broad SMARTS) is 1. The summed E-state index contributed by atoms with van der Waals surface area (Å²) in [5.74, 6) is -2.51. The van der Waals surface area contributed by atoms with Gasteiger partial charge in [-0.1, -0.05) is 157 Å². The summed E-state index contributed by atoms with van der Waals surface area (Å²) < 4.78 is 32.6. The highest BCUT2D eigenvalue weighted by atomic mass is 31.2. The zero-order valence-corrected chi connectivity index (χ0v) is 37.2. The monoisotopic (exact) mass is 848 g/mol. The SMILES string of the molecule is CC/C=C\C/C=C\C/C=C\C/C=C\C/C=C\C/C=C\CCC(=O)O[C@H](COC(=O)CCCCCCC/C=C\CCCCCCCCC)COP(=O)(O)OC[C@H](N)C(=O)O. The number of phosphoric acid groups is 1. The first-order chi connectivity index (χ1) is 28.6. The molecule has 0 aromatic carbocycles. The van der Waals surface area contributed by atoms with Crippen molar-refractivity contribution in [2.24, 2.45) is 5.73 Å². The largest absolute Gasteiger partial charge is 0.480 e. The van der Waals surface area contributed by atoms with E-state index in [1.54, 1.807) is 0 Å². The lowest BCUT2D eigenvalue weighted by Crippen LogP contribution is -2.34. The molecule has 0 saturated heterocycles. The third-order valence-electron chi connectivity index (χ3n) is 8.89. The first kappa shape index (κ1) is 55.7. The van der Waals surface area contributed by atoms with Gasteiger partial charge in [-0.25, -0.2) is 4.57 Å². The number of hydrogen-bond acceptors (Lipinski definition) is 9. The van der Waals surface area contributed by atoms with Crippen molar-refractivity contribution in [3.05, 3.63) is 85.1 Å². The van der Waals surface area contributed by atoms with Crippen molar-refractivity contribution in [1.29, 1.82) is 0 Å². The topological polar surface area (TPSA) is 172 Å². The van der Waals surface area contributed by atoms with Gasteiger partial charge in [-0.2, -0.15) is 0 Å². The van der Waals surface area contributed by atoms with E-state index in [1.165, 1.54) is 44.9 Å². The minimum absolute atomic E-state index is 0.0301. The summed E-state index contributed by atoms with van der Waals surface area (Å²) in [5, 5.41) is 8.89. The number of carbonyl (C=O) groups excluding carboxylic acids is 2. The lowest BCUT2D eigenvalue weighted by atomic mass is 10.1. The third kappa shape index (κ3) is 41.2. The number of esters is 2. The fourth-order valence-corrected chi connectivity index (χ4v) is 6.22. The minimum atomic E-state index is -4.74. The molecular formula is C47H78NO10P. The fourth-order valence-electron chi connectivity index (χ4n) is 5.44. The smallest absolute Gasteiger partial charge is 0.472 e. The number of unbranched alkanes of at least 4 members (excludes halogenated alkanes) is 12. The van der Waals surface area contributed by atoms with Crippen LogP contribution in [-0.4, -0.2) is 59.9 Å². The van der Waals surface area contributed by atoms with Crippen molar-refractivity contribution in [3.63, 3.8) is 0 Å². The number of nitrogens with two attached hydrogens (primary N) is 1. The second kappa shape index (κ2) is 41.4. The van der Waals surface area contributed by atoms with E-state index in [-0.39, 0.29) is 19.4 Å². The minimum Gasteiger partial charge on any atom is -0.480 e. The Morgan fingerprint density at radius 2 is 0.983 bits per heavy atom. The number of rotatable bonds is 40. The van der Waals surface area contributed by atoms with Crippen LogP contribution in [0.15, 0.2) is 85.1 Å². The van der Waals surface area contributed by atoms with Crippen molar-refractivity contribution in [3.8, 4) is 0 Å². The molecule has 0 fully saturated rings. The second-order valence-corrected chi connectivity index (χ2v) is 15.9. The predicted molar refractivity (Wildman–Crippen MR) is 240 cm³/mol. The van der Waals surface area contributed by atoms with Gasteiger partial charge >= 0.3 is 25.7 Å². The average molecular weight is 848 g/mol. The van der Waals surface area contributed by atoms with Gasteiger partial charge in [-0.05, 0) is 77.0 Å². The van der Waals surface area contributed by atoms with Gasteiger partial charge in [0.15, 0.2) is 6.10 Å². The number of carboxylic acids is 1. The molecular weight excluding hydrogens is 769 g/mol. The van der Waals surface area contributed by atoms with E-state index in [1.807, 2.05) is 18.2 Å². The molecule has 0 spiro atoms. The summed E-state index contributed by atoms with van der Waals surface area (Å²) in [5.41, 5.74) is 5.33. The van der Waals surface area contributed by atoms with Gasteiger partial charge in [0.2, 0.25) is 0 Å². The molecule has 0 radical (unpaired) electrons. The standard InChI is InChI=1S/C47H78NO10P/c1-3-5-7-9-11-13-15-17-19-21-22-23-25-27-29-31-33-35-37-39-46(50)58-43(41-56-59(53,54)57-42-44(48)47(51)52)40-55-45(49)38-36-34-32-30-28-26-24-20-18-16-14-12-10-8-6-4-2/h5,7,11,13,17,19-20,22-24,27,29,33,35,43-44H,3-4,6,8-10,12,14-16,18,21,25-26,28,30-32,34,36-42,48H2,1-2H3,(H,51,52)(H,53,54)/b7-5-,13-11-,19-17-,23-22-,24-20-,29-27-,35-33-/t43-,44+/m1/s1. The van der Waals surface area contributed by atoms with Gasteiger partial charge in [-0.15, -0.1) is 0 Å². The summed E-state index contributed by atoms with van der Waals surface area (Å²) >= 11 is 0. The Balaban J connectivity index is 4.51. The second-order valence-electron chi connectivity index (χ2n) is 14.4. The van der Waals surface area contributed by atoms with Crippen LogP contribution in [0.5, 0.6) is 0 Å². The van der Waals surface area contributed by atoms with Crippen LogP contribution < -0.4 is 5.73 Å². The molecule has 0 aliphatic heterocycles. The van der Waals surface area contributed by atoms with E-state index < -0.39 is 51.1 Å². The van der Waals surface area contributed by atoms with Gasteiger partial charge in [0.25, 0.3) is 0 Å². The van der Waals surface area contributed by atoms with E-state index in [9.17, 15) is 23.8 Å². The van der Waals surface area contributed by atoms with Crippen molar-refractivity contribution >= 4 is 25.7 Å². The number of allylic oxidation sites excluding steroid dienone is 14. The molecule has 0 aliphatic carbocycles. The van der Waals surface area contributed by atoms with Crippen LogP contribution in [-0.2, 0) is 37.5 Å². The molecule has 0 aromatic heterocycles. The zero-order valence-electron chi connectivity index (χ0n) is 36.3. The number of hydrogen-bond donors (Lipinski definition) is 3. The van der Waals surface area contributed by atoms with Crippen LogP contribution >= 0.6 is 7.82 Å². The first-order valence-corrected chi connectivity index (χ1v) is 23.6. The number of phosphoric ester groups is 1. The normalized spacial score (nSPS) is 14.5. The first-order valence-electron chi connectivity index (χ1n) is 22.1. The van der Waals surface area contributed by atoms with Crippen LogP contribution in [0.1, 0.15) is 162 Å². The molecule has 0 rings (SSSR count). The van der Waals surface area contributed by atoms with Crippen molar-refractivity contribution in [1.82, 2.24) is 0 Å². The van der Waals surface area contributed by atoms with Gasteiger partial charge in [-0.3, -0.25) is 23.4 Å². The lowest BCUT2D eigenvalue weighted by molar-refractivity contribution is -0.161. The van der Waals surface area contributed by atoms with Crippen molar-refractivity contribution < 1.29 is 47.5 Å². The van der Waals surface area contributed by atoms with E-state index >= 15 is 0 Å². The van der Waals surface area contributed by atoms with Crippen molar-refractivity contribution in [2.45, 2.75) is 174 Å². The Labute approximate surface area is 356 Å². The van der Waals surface area contributed by atoms with Crippen LogP contribution in [0.25, 0.3) is 0 Å². The fraction of sp³-hybridized carbons (Fsp3) is 0.638. The molecule has 11 nitrogen and oxygen atoms in total. The van der Waals surface area contributed by atoms with E-state index in [0.717, 1.165) is 70.6 Å². The van der Waals surface area contributed by atoms with E-state index in [4.69, 9.17) is 24.8 Å². The van der Waals surface area contributed by atoms with Crippen LogP contribution in [0, 0.1) is 0 Å². The van der Waals surface area contributed by atoms with Crippen LogP contribution in [0.3, 0.4) is 0 Å². The maximum Gasteiger partial charge on any atom is 0.472 e. The lowest BCUT2D eigenvalue weighted by Gasteiger charge is -2.20. The highest BCUT2D eigenvalue weighted by Gasteiger charge is 2.28. The summed E-state index contributed by atoms with van der Waals surface area (Å²) in [6.45, 7) is 2.59. The van der Waals surface area contributed by atoms with Gasteiger partial charge in [0, 0.05) is 12.8 Å². The molecule has 0 saturated carbocycles. The number of ether oxygens (including phenoxy) is 2. The maximum atomic E-state index is 12.6. The highest BCUT2D eigenvalue weighted by Crippen LogP contribution is 2.43. The van der Waals surface area contributed by atoms with E-state index in [2.05, 4.69) is 85.2 Å². The zero-order chi connectivity index (χ0) is 43.5. The molecule has 0 heterocycles. The van der Waals surface area contributed by atoms with Crippen LogP contribution in [0.4, 0.5) is 0 Å². The summed E-state index contributed by atoms with van der Waals surface area (Å²) in [7, 11) is -4.74. The Bertz CT molecular complexity index is 1320. The molecule has 4 N–H and O–H groups in total.